The largest absolute Gasteiger partial charge is 0.388 e. The van der Waals surface area contributed by atoms with Gasteiger partial charge in [0.1, 0.15) is 18.3 Å². The monoisotopic (exact) mass is 295 g/mol. The van der Waals surface area contributed by atoms with Gasteiger partial charge in [-0.15, -0.1) is 0 Å². The zero-order valence-corrected chi connectivity index (χ0v) is 12.1. The van der Waals surface area contributed by atoms with Crippen LogP contribution in [0.3, 0.4) is 0 Å². The summed E-state index contributed by atoms with van der Waals surface area (Å²) in [6.45, 7) is 2.89. The Hall–Kier alpha value is 0.110. The van der Waals surface area contributed by atoms with Crippen molar-refractivity contribution in [2.45, 2.75) is 50.5 Å². The zero-order valence-electron chi connectivity index (χ0n) is 11.3. The molecule has 5 unspecified atom stereocenters. The molecule has 0 aromatic heterocycles. The molecule has 5 atom stereocenters. The number of hydrogen-bond acceptors (Lipinski definition) is 7. The third kappa shape index (κ3) is 5.18. The van der Waals surface area contributed by atoms with E-state index in [-0.39, 0.29) is 0 Å². The standard InChI is InChI=1S/C12H25NO5S/c1-2-8-9(14)10(15)11(12(16)18-8)17-5-3-6-19-7-4-13/h8-12,14-16H,2-7,13H2,1H3. The van der Waals surface area contributed by atoms with Crippen LogP contribution in [0.15, 0.2) is 0 Å². The first-order valence-corrected chi connectivity index (χ1v) is 7.86. The maximum absolute atomic E-state index is 9.91. The quantitative estimate of drug-likeness (QED) is 0.439. The maximum atomic E-state index is 9.91. The number of aliphatic hydroxyl groups is 3. The summed E-state index contributed by atoms with van der Waals surface area (Å²) in [5.41, 5.74) is 5.38. The first-order chi connectivity index (χ1) is 9.11. The smallest absolute Gasteiger partial charge is 0.184 e. The van der Waals surface area contributed by atoms with Crippen molar-refractivity contribution in [3.63, 3.8) is 0 Å². The summed E-state index contributed by atoms with van der Waals surface area (Å²) in [6.07, 6.45) is -3.45. The fourth-order valence-electron chi connectivity index (χ4n) is 2.00. The van der Waals surface area contributed by atoms with Gasteiger partial charge in [0, 0.05) is 18.9 Å². The molecule has 7 heteroatoms. The molecule has 19 heavy (non-hydrogen) atoms. The highest BCUT2D eigenvalue weighted by Gasteiger charge is 2.43. The third-order valence-corrected chi connectivity index (χ3v) is 4.17. The van der Waals surface area contributed by atoms with Crippen molar-refractivity contribution in [3.8, 4) is 0 Å². The number of nitrogens with two attached hydrogens (primary N) is 1. The lowest BCUT2D eigenvalue weighted by molar-refractivity contribution is -0.292. The molecule has 1 saturated heterocycles. The first kappa shape index (κ1) is 17.2. The van der Waals surface area contributed by atoms with Crippen LogP contribution in [0, 0.1) is 0 Å². The zero-order chi connectivity index (χ0) is 14.3. The highest BCUT2D eigenvalue weighted by molar-refractivity contribution is 7.99. The predicted octanol–water partition coefficient (Wildman–Crippen LogP) is -0.697. The molecule has 1 heterocycles. The van der Waals surface area contributed by atoms with E-state index in [9.17, 15) is 15.3 Å². The van der Waals surface area contributed by atoms with Crippen LogP contribution in [0.5, 0.6) is 0 Å². The Morgan fingerprint density at radius 2 is 1.95 bits per heavy atom. The van der Waals surface area contributed by atoms with Crippen LogP contribution in [0.25, 0.3) is 0 Å². The topological polar surface area (TPSA) is 105 Å². The maximum Gasteiger partial charge on any atom is 0.184 e. The lowest BCUT2D eigenvalue weighted by Crippen LogP contribution is -2.58. The molecule has 0 aromatic rings. The van der Waals surface area contributed by atoms with E-state index in [0.29, 0.717) is 19.6 Å². The summed E-state index contributed by atoms with van der Waals surface area (Å²) in [6, 6.07) is 0. The molecule has 0 amide bonds. The minimum absolute atomic E-state index is 0.406. The van der Waals surface area contributed by atoms with Gasteiger partial charge < -0.3 is 30.5 Å². The number of rotatable bonds is 8. The van der Waals surface area contributed by atoms with Crippen molar-refractivity contribution >= 4 is 11.8 Å². The Morgan fingerprint density at radius 1 is 1.21 bits per heavy atom. The van der Waals surface area contributed by atoms with Gasteiger partial charge in [0.15, 0.2) is 6.29 Å². The first-order valence-electron chi connectivity index (χ1n) is 6.70. The Bertz CT molecular complexity index is 246. The molecule has 1 aliphatic heterocycles. The van der Waals surface area contributed by atoms with Crippen LogP contribution in [-0.4, -0.2) is 70.7 Å². The van der Waals surface area contributed by atoms with Gasteiger partial charge in [-0.25, -0.2) is 0 Å². The van der Waals surface area contributed by atoms with Crippen molar-refractivity contribution in [3.05, 3.63) is 0 Å². The van der Waals surface area contributed by atoms with Gasteiger partial charge in [0.25, 0.3) is 0 Å². The van der Waals surface area contributed by atoms with Crippen molar-refractivity contribution < 1.29 is 24.8 Å². The molecule has 1 aliphatic rings. The van der Waals surface area contributed by atoms with Gasteiger partial charge in [0.2, 0.25) is 0 Å². The molecule has 5 N–H and O–H groups in total. The third-order valence-electron chi connectivity index (χ3n) is 3.07. The van der Waals surface area contributed by atoms with E-state index >= 15 is 0 Å². The summed E-state index contributed by atoms with van der Waals surface area (Å²) < 4.78 is 10.6. The normalized spacial score (nSPS) is 35.5. The van der Waals surface area contributed by atoms with Gasteiger partial charge in [-0.2, -0.15) is 11.8 Å². The second-order valence-electron chi connectivity index (χ2n) is 4.54. The minimum atomic E-state index is -1.19. The van der Waals surface area contributed by atoms with Crippen LogP contribution < -0.4 is 5.73 Å². The lowest BCUT2D eigenvalue weighted by Gasteiger charge is -2.40. The van der Waals surface area contributed by atoms with Crippen LogP contribution in [0.1, 0.15) is 19.8 Å². The molecular weight excluding hydrogens is 270 g/mol. The molecular formula is C12H25NO5S. The number of thioether (sulfide) groups is 1. The molecule has 1 fully saturated rings. The molecule has 6 nitrogen and oxygen atoms in total. The summed E-state index contributed by atoms with van der Waals surface area (Å²) in [7, 11) is 0. The van der Waals surface area contributed by atoms with E-state index in [1.165, 1.54) is 0 Å². The summed E-state index contributed by atoms with van der Waals surface area (Å²) in [5.74, 6) is 1.83. The van der Waals surface area contributed by atoms with Crippen molar-refractivity contribution in [1.29, 1.82) is 0 Å². The Morgan fingerprint density at radius 3 is 2.58 bits per heavy atom. The van der Waals surface area contributed by atoms with Gasteiger partial charge in [-0.3, -0.25) is 0 Å². The van der Waals surface area contributed by atoms with Crippen molar-refractivity contribution in [1.82, 2.24) is 0 Å². The van der Waals surface area contributed by atoms with Crippen LogP contribution in [0.2, 0.25) is 0 Å². The predicted molar refractivity (Wildman–Crippen MR) is 73.9 cm³/mol. The molecule has 0 spiro atoms. The SMILES string of the molecule is CCC1OC(O)C(OCCCSCCN)C(O)C1O. The number of hydrogen-bond donors (Lipinski definition) is 4. The molecule has 0 saturated carbocycles. The fourth-order valence-corrected chi connectivity index (χ4v) is 2.70. The average molecular weight is 295 g/mol. The summed E-state index contributed by atoms with van der Waals surface area (Å²) in [4.78, 5) is 0. The van der Waals surface area contributed by atoms with E-state index in [2.05, 4.69) is 0 Å². The second-order valence-corrected chi connectivity index (χ2v) is 5.77. The van der Waals surface area contributed by atoms with Gasteiger partial charge in [0.05, 0.1) is 6.10 Å². The Kier molecular flexibility index (Phi) is 8.24. The Labute approximate surface area is 118 Å². The highest BCUT2D eigenvalue weighted by Crippen LogP contribution is 2.24. The molecule has 0 aromatic carbocycles. The number of aliphatic hydroxyl groups excluding tert-OH is 3. The van der Waals surface area contributed by atoms with Gasteiger partial charge in [-0.1, -0.05) is 6.92 Å². The molecule has 0 radical (unpaired) electrons. The van der Waals surface area contributed by atoms with Gasteiger partial charge >= 0.3 is 0 Å². The fraction of sp³-hybridized carbons (Fsp3) is 1.00. The van der Waals surface area contributed by atoms with Crippen molar-refractivity contribution in [2.24, 2.45) is 5.73 Å². The van der Waals surface area contributed by atoms with E-state index in [1.54, 1.807) is 11.8 Å². The van der Waals surface area contributed by atoms with Crippen LogP contribution in [0.4, 0.5) is 0 Å². The van der Waals surface area contributed by atoms with E-state index in [4.69, 9.17) is 15.2 Å². The minimum Gasteiger partial charge on any atom is -0.388 e. The number of ether oxygens (including phenoxy) is 2. The van der Waals surface area contributed by atoms with Crippen LogP contribution >= 0.6 is 11.8 Å². The summed E-state index contributed by atoms with van der Waals surface area (Å²) >= 11 is 1.74. The average Bonchev–Trinajstić information content (AvgIpc) is 2.41. The molecule has 1 rings (SSSR count). The van der Waals surface area contributed by atoms with Crippen LogP contribution in [-0.2, 0) is 9.47 Å². The molecule has 114 valence electrons. The summed E-state index contributed by atoms with van der Waals surface area (Å²) in [5, 5.41) is 29.5. The van der Waals surface area contributed by atoms with E-state index in [1.807, 2.05) is 6.92 Å². The van der Waals surface area contributed by atoms with Crippen molar-refractivity contribution in [2.75, 3.05) is 24.7 Å². The van der Waals surface area contributed by atoms with E-state index < -0.39 is 30.7 Å². The second kappa shape index (κ2) is 9.12. The Balaban J connectivity index is 2.28. The van der Waals surface area contributed by atoms with Gasteiger partial charge in [-0.05, 0) is 18.6 Å². The highest BCUT2D eigenvalue weighted by atomic mass is 32.2. The van der Waals surface area contributed by atoms with E-state index in [0.717, 1.165) is 17.9 Å². The lowest BCUT2D eigenvalue weighted by atomic mass is 9.97. The molecule has 0 bridgehead atoms. The molecule has 0 aliphatic carbocycles.